The van der Waals surface area contributed by atoms with E-state index in [0.717, 1.165) is 44.0 Å². The first-order valence-corrected chi connectivity index (χ1v) is 7.23. The molecule has 1 aliphatic heterocycles. The highest BCUT2D eigenvalue weighted by Gasteiger charge is 2.24. The quantitative estimate of drug-likeness (QED) is 0.849. The van der Waals surface area contributed by atoms with Crippen LogP contribution in [0.15, 0.2) is 5.38 Å². The predicted molar refractivity (Wildman–Crippen MR) is 71.2 cm³/mol. The molecule has 0 aromatic carbocycles. The highest BCUT2D eigenvalue weighted by Crippen LogP contribution is 2.28. The van der Waals surface area contributed by atoms with Gasteiger partial charge in [-0.15, -0.1) is 11.3 Å². The lowest BCUT2D eigenvalue weighted by Gasteiger charge is -2.33. The molecule has 100 valence electrons. The number of hydrogen-bond acceptors (Lipinski definition) is 5. The first-order chi connectivity index (χ1) is 8.72. The van der Waals surface area contributed by atoms with Crippen LogP contribution in [0.3, 0.4) is 0 Å². The summed E-state index contributed by atoms with van der Waals surface area (Å²) >= 11 is 1.47. The fourth-order valence-electron chi connectivity index (χ4n) is 2.27. The zero-order chi connectivity index (χ0) is 13.0. The summed E-state index contributed by atoms with van der Waals surface area (Å²) in [6, 6.07) is 0.273. The van der Waals surface area contributed by atoms with Crippen molar-refractivity contribution < 1.29 is 9.90 Å². The van der Waals surface area contributed by atoms with Crippen LogP contribution >= 0.6 is 11.3 Å². The largest absolute Gasteiger partial charge is 0.476 e. The van der Waals surface area contributed by atoms with Crippen LogP contribution in [0.5, 0.6) is 0 Å². The van der Waals surface area contributed by atoms with Gasteiger partial charge >= 0.3 is 5.97 Å². The standard InChI is InChI=1S/C12H19N3O2S/c1-2-3-10(15-6-4-13-5-7-15)11-14-9(8-18-11)12(16)17/h8,10,13H,2-7H2,1H3,(H,16,17). The van der Waals surface area contributed by atoms with Crippen LogP contribution in [0.2, 0.25) is 0 Å². The molecule has 2 heterocycles. The van der Waals surface area contributed by atoms with E-state index in [9.17, 15) is 4.79 Å². The lowest BCUT2D eigenvalue weighted by Crippen LogP contribution is -2.45. The van der Waals surface area contributed by atoms with E-state index in [-0.39, 0.29) is 11.7 Å². The number of nitrogens with zero attached hydrogens (tertiary/aromatic N) is 2. The predicted octanol–water partition coefficient (Wildman–Crippen LogP) is 1.59. The lowest BCUT2D eigenvalue weighted by molar-refractivity contribution is 0.0690. The summed E-state index contributed by atoms with van der Waals surface area (Å²) < 4.78 is 0. The number of piperazine rings is 1. The molecule has 1 fully saturated rings. The van der Waals surface area contributed by atoms with Crippen molar-refractivity contribution in [2.24, 2.45) is 0 Å². The molecule has 1 saturated heterocycles. The summed E-state index contributed by atoms with van der Waals surface area (Å²) in [4.78, 5) is 17.6. The molecule has 0 saturated carbocycles. The van der Waals surface area contributed by atoms with Gasteiger partial charge in [-0.05, 0) is 6.42 Å². The SMILES string of the molecule is CCCC(c1nc(C(=O)O)cs1)N1CCNCC1. The van der Waals surface area contributed by atoms with Crippen LogP contribution in [0.4, 0.5) is 0 Å². The van der Waals surface area contributed by atoms with Gasteiger partial charge in [0.2, 0.25) is 0 Å². The monoisotopic (exact) mass is 269 g/mol. The smallest absolute Gasteiger partial charge is 0.355 e. The van der Waals surface area contributed by atoms with Crippen molar-refractivity contribution in [3.05, 3.63) is 16.1 Å². The first kappa shape index (κ1) is 13.5. The van der Waals surface area contributed by atoms with Crippen molar-refractivity contribution in [3.63, 3.8) is 0 Å². The Labute approximate surface area is 111 Å². The number of aromatic carboxylic acids is 1. The number of carboxylic acid groups (broad SMARTS) is 1. The molecule has 1 unspecified atom stereocenters. The van der Waals surface area contributed by atoms with Gasteiger partial charge in [0, 0.05) is 31.6 Å². The number of rotatable bonds is 5. The molecule has 0 bridgehead atoms. The zero-order valence-electron chi connectivity index (χ0n) is 10.6. The van der Waals surface area contributed by atoms with E-state index in [1.807, 2.05) is 0 Å². The van der Waals surface area contributed by atoms with Gasteiger partial charge in [0.15, 0.2) is 5.69 Å². The van der Waals surface area contributed by atoms with Crippen LogP contribution in [0, 0.1) is 0 Å². The molecule has 1 atom stereocenters. The normalized spacial score (nSPS) is 18.7. The molecule has 5 nitrogen and oxygen atoms in total. The second kappa shape index (κ2) is 6.26. The summed E-state index contributed by atoms with van der Waals surface area (Å²) in [5.74, 6) is -0.937. The molecule has 0 aliphatic carbocycles. The van der Waals surface area contributed by atoms with Gasteiger partial charge in [0.25, 0.3) is 0 Å². The number of carbonyl (C=O) groups is 1. The third-order valence-corrected chi connectivity index (χ3v) is 4.13. The van der Waals surface area contributed by atoms with Gasteiger partial charge in [-0.1, -0.05) is 13.3 Å². The summed E-state index contributed by atoms with van der Waals surface area (Å²) in [6.45, 7) is 6.16. The average Bonchev–Trinajstić information content (AvgIpc) is 2.86. The number of aromatic nitrogens is 1. The molecule has 6 heteroatoms. The van der Waals surface area contributed by atoms with Gasteiger partial charge in [-0.25, -0.2) is 9.78 Å². The minimum atomic E-state index is -0.937. The average molecular weight is 269 g/mol. The first-order valence-electron chi connectivity index (χ1n) is 6.36. The van der Waals surface area contributed by atoms with E-state index in [1.165, 1.54) is 11.3 Å². The Morgan fingerprint density at radius 1 is 1.61 bits per heavy atom. The highest BCUT2D eigenvalue weighted by molar-refractivity contribution is 7.09. The third kappa shape index (κ3) is 3.07. The number of hydrogen-bond donors (Lipinski definition) is 2. The van der Waals surface area contributed by atoms with E-state index in [2.05, 4.69) is 22.1 Å². The second-order valence-corrected chi connectivity index (χ2v) is 5.36. The van der Waals surface area contributed by atoms with Crippen LogP contribution in [0.25, 0.3) is 0 Å². The Morgan fingerprint density at radius 3 is 2.89 bits per heavy atom. The van der Waals surface area contributed by atoms with Crippen molar-refractivity contribution in [1.82, 2.24) is 15.2 Å². The molecule has 1 aromatic rings. The second-order valence-electron chi connectivity index (χ2n) is 4.47. The minimum Gasteiger partial charge on any atom is -0.476 e. The van der Waals surface area contributed by atoms with E-state index in [0.29, 0.717) is 0 Å². The zero-order valence-corrected chi connectivity index (χ0v) is 11.4. The Kier molecular flexibility index (Phi) is 4.68. The third-order valence-electron chi connectivity index (χ3n) is 3.18. The van der Waals surface area contributed by atoms with Crippen molar-refractivity contribution in [1.29, 1.82) is 0 Å². The lowest BCUT2D eigenvalue weighted by atomic mass is 10.1. The van der Waals surface area contributed by atoms with Crippen molar-refractivity contribution in [2.45, 2.75) is 25.8 Å². The summed E-state index contributed by atoms with van der Waals surface area (Å²) in [5, 5.41) is 14.9. The van der Waals surface area contributed by atoms with Crippen molar-refractivity contribution >= 4 is 17.3 Å². The maximum atomic E-state index is 10.9. The molecule has 1 aliphatic rings. The molecule has 1 aromatic heterocycles. The Balaban J connectivity index is 2.14. The van der Waals surface area contributed by atoms with Gasteiger partial charge in [-0.3, -0.25) is 4.90 Å². The van der Waals surface area contributed by atoms with E-state index < -0.39 is 5.97 Å². The van der Waals surface area contributed by atoms with Crippen LogP contribution in [-0.4, -0.2) is 47.1 Å². The highest BCUT2D eigenvalue weighted by atomic mass is 32.1. The van der Waals surface area contributed by atoms with Gasteiger partial charge < -0.3 is 10.4 Å². The molecule has 0 spiro atoms. The Bertz CT molecular complexity index is 402. The molecular formula is C12H19N3O2S. The molecule has 2 rings (SSSR count). The number of carboxylic acids is 1. The van der Waals surface area contributed by atoms with Gasteiger partial charge in [0.05, 0.1) is 6.04 Å². The van der Waals surface area contributed by atoms with Crippen LogP contribution < -0.4 is 5.32 Å². The fourth-order valence-corrected chi connectivity index (χ4v) is 3.23. The van der Waals surface area contributed by atoms with Gasteiger partial charge in [0.1, 0.15) is 5.01 Å². The number of thiazole rings is 1. The van der Waals surface area contributed by atoms with E-state index >= 15 is 0 Å². The summed E-state index contributed by atoms with van der Waals surface area (Å²) in [7, 11) is 0. The van der Waals surface area contributed by atoms with Crippen molar-refractivity contribution in [2.75, 3.05) is 26.2 Å². The topological polar surface area (TPSA) is 65.5 Å². The van der Waals surface area contributed by atoms with E-state index in [4.69, 9.17) is 5.11 Å². The maximum absolute atomic E-state index is 10.9. The van der Waals surface area contributed by atoms with Crippen LogP contribution in [-0.2, 0) is 0 Å². The van der Waals surface area contributed by atoms with Crippen LogP contribution in [0.1, 0.15) is 41.3 Å². The molecule has 18 heavy (non-hydrogen) atoms. The van der Waals surface area contributed by atoms with Gasteiger partial charge in [-0.2, -0.15) is 0 Å². The molecule has 0 amide bonds. The van der Waals surface area contributed by atoms with E-state index in [1.54, 1.807) is 5.38 Å². The van der Waals surface area contributed by atoms with Crippen molar-refractivity contribution in [3.8, 4) is 0 Å². The Hall–Kier alpha value is -0.980. The fraction of sp³-hybridized carbons (Fsp3) is 0.667. The minimum absolute atomic E-state index is 0.172. The molecular weight excluding hydrogens is 250 g/mol. The molecule has 2 N–H and O–H groups in total. The number of nitrogens with one attached hydrogen (secondary N) is 1. The Morgan fingerprint density at radius 2 is 2.33 bits per heavy atom. The summed E-state index contributed by atoms with van der Waals surface area (Å²) in [6.07, 6.45) is 2.11. The summed E-state index contributed by atoms with van der Waals surface area (Å²) in [5.41, 5.74) is 0.172. The molecule has 0 radical (unpaired) electrons. The maximum Gasteiger partial charge on any atom is 0.355 e.